The summed E-state index contributed by atoms with van der Waals surface area (Å²) in [6, 6.07) is 9.78. The molecule has 2 rings (SSSR count). The molecule has 0 bridgehead atoms. The van der Waals surface area contributed by atoms with Crippen LogP contribution >= 0.6 is 0 Å². The smallest absolute Gasteiger partial charge is 0.211 e. The summed E-state index contributed by atoms with van der Waals surface area (Å²) in [5.74, 6) is 0.371. The van der Waals surface area contributed by atoms with E-state index in [2.05, 4.69) is 4.72 Å². The first-order chi connectivity index (χ1) is 10.0. The number of hydrogen-bond donors (Lipinski definition) is 1. The second-order valence-corrected chi connectivity index (χ2v) is 6.80. The lowest BCUT2D eigenvalue weighted by Gasteiger charge is -2.15. The molecule has 0 spiro atoms. The fourth-order valence-electron chi connectivity index (χ4n) is 2.12. The molecule has 1 heterocycles. The molecule has 0 aliphatic rings. The van der Waals surface area contributed by atoms with E-state index in [1.54, 1.807) is 31.4 Å². The minimum Gasteiger partial charge on any atom is -0.469 e. The van der Waals surface area contributed by atoms with Gasteiger partial charge in [0.15, 0.2) is 0 Å². The first-order valence-corrected chi connectivity index (χ1v) is 8.43. The zero-order valence-electron chi connectivity index (χ0n) is 11.8. The van der Waals surface area contributed by atoms with Crippen LogP contribution in [0.15, 0.2) is 47.1 Å². The van der Waals surface area contributed by atoms with Gasteiger partial charge in [-0.3, -0.25) is 0 Å². The Balaban J connectivity index is 2.12. The second kappa shape index (κ2) is 6.87. The summed E-state index contributed by atoms with van der Waals surface area (Å²) in [6.07, 6.45) is 2.11. The van der Waals surface area contributed by atoms with E-state index in [0.29, 0.717) is 13.0 Å². The molecular weight excluding hydrogens is 293 g/mol. The van der Waals surface area contributed by atoms with Gasteiger partial charge in [0, 0.05) is 12.5 Å². The molecule has 0 fully saturated rings. The minimum atomic E-state index is -3.21. The van der Waals surface area contributed by atoms with Crippen LogP contribution in [0.3, 0.4) is 0 Å². The van der Waals surface area contributed by atoms with E-state index in [4.69, 9.17) is 4.42 Å². The third kappa shape index (κ3) is 4.41. The Hall–Kier alpha value is -1.66. The van der Waals surface area contributed by atoms with Crippen LogP contribution < -0.4 is 4.72 Å². The normalized spacial score (nSPS) is 13.2. The Morgan fingerprint density at radius 3 is 2.52 bits per heavy atom. The van der Waals surface area contributed by atoms with Crippen molar-refractivity contribution in [3.05, 3.63) is 59.8 Å². The molecule has 4 nitrogen and oxygen atoms in total. The van der Waals surface area contributed by atoms with Gasteiger partial charge in [0.2, 0.25) is 10.0 Å². The zero-order valence-corrected chi connectivity index (χ0v) is 12.6. The molecule has 114 valence electrons. The highest BCUT2D eigenvalue weighted by molar-refractivity contribution is 7.89. The predicted molar refractivity (Wildman–Crippen MR) is 79.0 cm³/mol. The molecule has 6 heteroatoms. The van der Waals surface area contributed by atoms with Gasteiger partial charge in [-0.15, -0.1) is 0 Å². The summed E-state index contributed by atoms with van der Waals surface area (Å²) >= 11 is 0. The Kier molecular flexibility index (Phi) is 5.14. The quantitative estimate of drug-likeness (QED) is 0.855. The highest BCUT2D eigenvalue weighted by Gasteiger charge is 2.18. The fourth-order valence-corrected chi connectivity index (χ4v) is 2.75. The summed E-state index contributed by atoms with van der Waals surface area (Å²) in [5, 5.41) is 0. The average Bonchev–Trinajstić information content (AvgIpc) is 2.99. The number of benzene rings is 1. The van der Waals surface area contributed by atoms with Gasteiger partial charge >= 0.3 is 0 Å². The van der Waals surface area contributed by atoms with Crippen molar-refractivity contribution in [1.82, 2.24) is 4.72 Å². The molecule has 1 aromatic carbocycles. The van der Waals surface area contributed by atoms with Crippen LogP contribution in [0, 0.1) is 5.82 Å². The lowest BCUT2D eigenvalue weighted by atomic mass is 9.93. The van der Waals surface area contributed by atoms with Crippen LogP contribution in [0.1, 0.15) is 30.6 Å². The zero-order chi connectivity index (χ0) is 15.3. The number of nitrogens with one attached hydrogen (secondary N) is 1. The van der Waals surface area contributed by atoms with Gasteiger partial charge in [-0.1, -0.05) is 12.1 Å². The molecule has 2 aromatic rings. The van der Waals surface area contributed by atoms with Gasteiger partial charge in [0.1, 0.15) is 11.6 Å². The van der Waals surface area contributed by atoms with Crippen LogP contribution in [-0.2, 0) is 10.0 Å². The van der Waals surface area contributed by atoms with E-state index in [1.807, 2.05) is 6.07 Å². The van der Waals surface area contributed by atoms with E-state index in [1.165, 1.54) is 12.1 Å². The van der Waals surface area contributed by atoms with Crippen molar-refractivity contribution in [3.8, 4) is 0 Å². The molecule has 0 radical (unpaired) electrons. The third-order valence-corrected chi connectivity index (χ3v) is 4.70. The topological polar surface area (TPSA) is 59.3 Å². The summed E-state index contributed by atoms with van der Waals surface area (Å²) in [4.78, 5) is 0. The minimum absolute atomic E-state index is 0.0506. The Morgan fingerprint density at radius 2 is 1.95 bits per heavy atom. The third-order valence-electron chi connectivity index (χ3n) is 3.29. The Morgan fingerprint density at radius 1 is 1.24 bits per heavy atom. The van der Waals surface area contributed by atoms with Crippen molar-refractivity contribution in [3.63, 3.8) is 0 Å². The summed E-state index contributed by atoms with van der Waals surface area (Å²) in [5.41, 5.74) is 0.891. The standard InChI is InChI=1S/C15H18FNO3S/c1-2-21(18,19)17-10-9-14(15-4-3-11-20-15)12-5-7-13(16)8-6-12/h3-8,11,14,17H,2,9-10H2,1H3/t14-/m0/s1. The average molecular weight is 311 g/mol. The number of rotatable bonds is 7. The predicted octanol–water partition coefficient (Wildman–Crippen LogP) is 2.88. The molecule has 1 aromatic heterocycles. The first-order valence-electron chi connectivity index (χ1n) is 6.78. The number of furan rings is 1. The van der Waals surface area contributed by atoms with Crippen LogP contribution in [0.4, 0.5) is 4.39 Å². The Bertz CT molecular complexity index is 651. The lowest BCUT2D eigenvalue weighted by molar-refractivity contribution is 0.472. The van der Waals surface area contributed by atoms with Gasteiger partial charge in [-0.05, 0) is 43.2 Å². The molecule has 1 atom stereocenters. The molecule has 0 saturated carbocycles. The fraction of sp³-hybridized carbons (Fsp3) is 0.333. The SMILES string of the molecule is CCS(=O)(=O)NCC[C@@H](c1ccc(F)cc1)c1ccco1. The van der Waals surface area contributed by atoms with Crippen LogP contribution in [-0.4, -0.2) is 20.7 Å². The largest absolute Gasteiger partial charge is 0.469 e. The highest BCUT2D eigenvalue weighted by atomic mass is 32.2. The summed E-state index contributed by atoms with van der Waals surface area (Å²) in [6.45, 7) is 1.89. The van der Waals surface area contributed by atoms with Crippen molar-refractivity contribution in [2.24, 2.45) is 0 Å². The lowest BCUT2D eigenvalue weighted by Crippen LogP contribution is -2.27. The van der Waals surface area contributed by atoms with Crippen LogP contribution in [0.5, 0.6) is 0 Å². The monoisotopic (exact) mass is 311 g/mol. The molecule has 0 aliphatic heterocycles. The number of sulfonamides is 1. The van der Waals surface area contributed by atoms with Crippen molar-refractivity contribution in [2.45, 2.75) is 19.3 Å². The van der Waals surface area contributed by atoms with Gasteiger partial charge < -0.3 is 4.42 Å². The first kappa shape index (κ1) is 15.7. The van der Waals surface area contributed by atoms with E-state index < -0.39 is 10.0 Å². The van der Waals surface area contributed by atoms with Crippen LogP contribution in [0.2, 0.25) is 0 Å². The van der Waals surface area contributed by atoms with Crippen molar-refractivity contribution in [2.75, 3.05) is 12.3 Å². The van der Waals surface area contributed by atoms with E-state index in [9.17, 15) is 12.8 Å². The molecule has 0 unspecified atom stereocenters. The molecular formula is C15H18FNO3S. The van der Waals surface area contributed by atoms with Crippen LogP contribution in [0.25, 0.3) is 0 Å². The summed E-state index contributed by atoms with van der Waals surface area (Å²) in [7, 11) is -3.21. The highest BCUT2D eigenvalue weighted by Crippen LogP contribution is 2.28. The summed E-state index contributed by atoms with van der Waals surface area (Å²) < 4.78 is 43.9. The van der Waals surface area contributed by atoms with E-state index in [0.717, 1.165) is 11.3 Å². The van der Waals surface area contributed by atoms with E-state index >= 15 is 0 Å². The second-order valence-electron chi connectivity index (χ2n) is 4.71. The van der Waals surface area contributed by atoms with Crippen molar-refractivity contribution in [1.29, 1.82) is 0 Å². The number of halogens is 1. The van der Waals surface area contributed by atoms with Crippen molar-refractivity contribution < 1.29 is 17.2 Å². The molecule has 0 amide bonds. The molecule has 0 aliphatic carbocycles. The Labute approximate surface area is 124 Å². The van der Waals surface area contributed by atoms with Crippen molar-refractivity contribution >= 4 is 10.0 Å². The van der Waals surface area contributed by atoms with Gasteiger partial charge in [0.25, 0.3) is 0 Å². The van der Waals surface area contributed by atoms with Gasteiger partial charge in [-0.2, -0.15) is 0 Å². The maximum Gasteiger partial charge on any atom is 0.211 e. The maximum absolute atomic E-state index is 13.0. The van der Waals surface area contributed by atoms with E-state index in [-0.39, 0.29) is 17.5 Å². The molecule has 1 N–H and O–H groups in total. The molecule has 0 saturated heterocycles. The van der Waals surface area contributed by atoms with Gasteiger partial charge in [-0.25, -0.2) is 17.5 Å². The molecule has 21 heavy (non-hydrogen) atoms. The number of hydrogen-bond acceptors (Lipinski definition) is 3. The van der Waals surface area contributed by atoms with Gasteiger partial charge in [0.05, 0.1) is 12.0 Å². The maximum atomic E-state index is 13.0.